The second-order valence-corrected chi connectivity index (χ2v) is 8.13. The first kappa shape index (κ1) is 19.4. The molecule has 0 radical (unpaired) electrons. The summed E-state index contributed by atoms with van der Waals surface area (Å²) in [5.41, 5.74) is 0. The maximum atomic E-state index is 11.7. The lowest BCUT2D eigenvalue weighted by molar-refractivity contribution is -0.143. The predicted molar refractivity (Wildman–Crippen MR) is 98.3 cm³/mol. The number of carbonyl (C=O) groups excluding carboxylic acids is 2. The van der Waals surface area contributed by atoms with Crippen molar-refractivity contribution in [2.24, 2.45) is 0 Å². The van der Waals surface area contributed by atoms with Crippen LogP contribution in [0.15, 0.2) is 0 Å². The summed E-state index contributed by atoms with van der Waals surface area (Å²) in [5, 5.41) is 6.44. The minimum atomic E-state index is -0.0589. The van der Waals surface area contributed by atoms with Gasteiger partial charge in [-0.05, 0) is 19.3 Å². The molecule has 2 saturated heterocycles. The molecule has 0 aromatic heterocycles. The van der Waals surface area contributed by atoms with Gasteiger partial charge in [0, 0.05) is 17.4 Å². The molecular weight excluding hydrogens is 324 g/mol. The van der Waals surface area contributed by atoms with E-state index in [0.717, 1.165) is 37.9 Å². The quantitative estimate of drug-likeness (QED) is 0.318. The van der Waals surface area contributed by atoms with E-state index in [1.54, 1.807) is 0 Å². The Morgan fingerprint density at radius 2 is 1.92 bits per heavy atom. The molecule has 2 fully saturated rings. The maximum Gasteiger partial charge on any atom is 0.315 e. The number of nitrogens with one attached hydrogen (secondary N) is 2. The molecule has 2 aliphatic rings. The van der Waals surface area contributed by atoms with Gasteiger partial charge in [-0.3, -0.25) is 4.79 Å². The summed E-state index contributed by atoms with van der Waals surface area (Å²) in [6.07, 6.45) is 10.7. The molecule has 0 aliphatic carbocycles. The van der Waals surface area contributed by atoms with Crippen LogP contribution in [0.25, 0.3) is 0 Å². The number of fused-ring (bicyclic) bond motifs is 1. The van der Waals surface area contributed by atoms with Crippen LogP contribution < -0.4 is 10.6 Å². The number of carbonyl (C=O) groups is 2. The van der Waals surface area contributed by atoms with Gasteiger partial charge in [0.25, 0.3) is 0 Å². The summed E-state index contributed by atoms with van der Waals surface area (Å²) >= 11 is 1.93. The topological polar surface area (TPSA) is 67.4 Å². The van der Waals surface area contributed by atoms with Gasteiger partial charge in [-0.25, -0.2) is 4.79 Å². The minimum Gasteiger partial charge on any atom is -0.466 e. The fraction of sp³-hybridized carbons (Fsp3) is 0.889. The number of hydrogen-bond acceptors (Lipinski definition) is 4. The molecular formula is C18H32N2O3S. The van der Waals surface area contributed by atoms with E-state index in [9.17, 15) is 9.59 Å². The van der Waals surface area contributed by atoms with Gasteiger partial charge in [0.05, 0.1) is 18.7 Å². The first-order valence-electron chi connectivity index (χ1n) is 9.55. The van der Waals surface area contributed by atoms with Crippen LogP contribution in [0.1, 0.15) is 71.1 Å². The van der Waals surface area contributed by atoms with Crippen molar-refractivity contribution in [2.45, 2.75) is 88.5 Å². The normalized spacial score (nSPS) is 25.2. The Kier molecular flexibility index (Phi) is 8.78. The number of amides is 2. The van der Waals surface area contributed by atoms with E-state index in [-0.39, 0.29) is 24.1 Å². The number of unbranched alkanes of at least 4 members (excludes halogenated alkanes) is 6. The highest BCUT2D eigenvalue weighted by molar-refractivity contribution is 8.00. The van der Waals surface area contributed by atoms with Crippen LogP contribution in [0.4, 0.5) is 4.79 Å². The molecule has 2 rings (SSSR count). The molecule has 0 aromatic rings. The van der Waals surface area contributed by atoms with Crippen LogP contribution in [0.2, 0.25) is 0 Å². The summed E-state index contributed by atoms with van der Waals surface area (Å²) in [6.45, 7) is 2.79. The van der Waals surface area contributed by atoms with Gasteiger partial charge in [0.15, 0.2) is 0 Å². The lowest BCUT2D eigenvalue weighted by Gasteiger charge is -2.16. The van der Waals surface area contributed by atoms with Crippen LogP contribution in [0, 0.1) is 0 Å². The van der Waals surface area contributed by atoms with Gasteiger partial charge in [-0.1, -0.05) is 45.4 Å². The van der Waals surface area contributed by atoms with E-state index < -0.39 is 0 Å². The van der Waals surface area contributed by atoms with Crippen molar-refractivity contribution in [1.29, 1.82) is 0 Å². The summed E-state index contributed by atoms with van der Waals surface area (Å²) in [5.74, 6) is 0.935. The molecule has 6 heteroatoms. The van der Waals surface area contributed by atoms with Crippen LogP contribution in [0.5, 0.6) is 0 Å². The van der Waals surface area contributed by atoms with Crippen LogP contribution >= 0.6 is 11.8 Å². The molecule has 2 heterocycles. The monoisotopic (exact) mass is 356 g/mol. The summed E-state index contributed by atoms with van der Waals surface area (Å²) in [4.78, 5) is 23.0. The van der Waals surface area contributed by atoms with Gasteiger partial charge >= 0.3 is 12.0 Å². The fourth-order valence-electron chi connectivity index (χ4n) is 3.40. The molecule has 0 bridgehead atoms. The molecule has 0 saturated carbocycles. The molecule has 3 unspecified atom stereocenters. The number of thioether (sulfide) groups is 1. The summed E-state index contributed by atoms with van der Waals surface area (Å²) in [6, 6.07) is 0.519. The molecule has 2 N–H and O–H groups in total. The number of hydrogen-bond donors (Lipinski definition) is 2. The van der Waals surface area contributed by atoms with Crippen molar-refractivity contribution in [1.82, 2.24) is 10.6 Å². The zero-order valence-corrected chi connectivity index (χ0v) is 15.7. The van der Waals surface area contributed by atoms with Gasteiger partial charge in [-0.2, -0.15) is 11.8 Å². The fourth-order valence-corrected chi connectivity index (χ4v) is 4.94. The third kappa shape index (κ3) is 6.54. The van der Waals surface area contributed by atoms with Crippen molar-refractivity contribution >= 4 is 23.8 Å². The zero-order valence-electron chi connectivity index (χ0n) is 14.9. The first-order valence-corrected chi connectivity index (χ1v) is 10.6. The van der Waals surface area contributed by atoms with E-state index in [0.29, 0.717) is 18.3 Å². The third-order valence-corrected chi connectivity index (χ3v) is 6.33. The number of urea groups is 1. The first-order chi connectivity index (χ1) is 11.7. The van der Waals surface area contributed by atoms with Gasteiger partial charge in [0.1, 0.15) is 0 Å². The Bertz CT molecular complexity index is 406. The highest BCUT2D eigenvalue weighted by Crippen LogP contribution is 2.33. The average molecular weight is 357 g/mol. The van der Waals surface area contributed by atoms with Gasteiger partial charge < -0.3 is 15.4 Å². The molecule has 3 atom stereocenters. The minimum absolute atomic E-state index is 0.0337. The lowest BCUT2D eigenvalue weighted by Crippen LogP contribution is -2.36. The second-order valence-electron chi connectivity index (χ2n) is 6.86. The van der Waals surface area contributed by atoms with Crippen LogP contribution in [0.3, 0.4) is 0 Å². The number of esters is 1. The Morgan fingerprint density at radius 1 is 1.12 bits per heavy atom. The Labute approximate surface area is 150 Å². The van der Waals surface area contributed by atoms with E-state index >= 15 is 0 Å². The van der Waals surface area contributed by atoms with Crippen molar-refractivity contribution in [3.8, 4) is 0 Å². The van der Waals surface area contributed by atoms with Crippen LogP contribution in [-0.4, -0.2) is 41.7 Å². The number of rotatable bonds is 12. The van der Waals surface area contributed by atoms with Gasteiger partial charge in [-0.15, -0.1) is 0 Å². The van der Waals surface area contributed by atoms with Crippen molar-refractivity contribution in [3.63, 3.8) is 0 Å². The second kappa shape index (κ2) is 10.9. The molecule has 2 amide bonds. The van der Waals surface area contributed by atoms with Crippen molar-refractivity contribution in [3.05, 3.63) is 0 Å². The Morgan fingerprint density at radius 3 is 2.75 bits per heavy atom. The molecule has 138 valence electrons. The van der Waals surface area contributed by atoms with E-state index in [1.165, 1.54) is 25.7 Å². The highest BCUT2D eigenvalue weighted by atomic mass is 32.2. The molecule has 0 aromatic carbocycles. The smallest absolute Gasteiger partial charge is 0.315 e. The molecule has 5 nitrogen and oxygen atoms in total. The van der Waals surface area contributed by atoms with Gasteiger partial charge in [0.2, 0.25) is 0 Å². The summed E-state index contributed by atoms with van der Waals surface area (Å²) in [7, 11) is 0. The largest absolute Gasteiger partial charge is 0.466 e. The standard InChI is InChI=1S/C18H32N2O3S/c1-2-3-4-5-6-9-12-23-16(21)11-8-7-10-15-17-14(13-24-15)19-18(22)20-17/h14-15,17H,2-13H2,1H3,(H2,19,20,22). The maximum absolute atomic E-state index is 11.7. The van der Waals surface area contributed by atoms with Crippen LogP contribution in [-0.2, 0) is 9.53 Å². The van der Waals surface area contributed by atoms with E-state index in [4.69, 9.17) is 4.74 Å². The van der Waals surface area contributed by atoms with E-state index in [1.807, 2.05) is 11.8 Å². The SMILES string of the molecule is CCCCCCCCOC(=O)CCCCC1SCC2NC(=O)NC21. The van der Waals surface area contributed by atoms with Crippen molar-refractivity contribution in [2.75, 3.05) is 12.4 Å². The predicted octanol–water partition coefficient (Wildman–Crippen LogP) is 3.62. The number of ether oxygens (including phenoxy) is 1. The molecule has 2 aliphatic heterocycles. The molecule has 0 spiro atoms. The van der Waals surface area contributed by atoms with E-state index in [2.05, 4.69) is 17.6 Å². The highest BCUT2D eigenvalue weighted by Gasteiger charge is 2.42. The lowest BCUT2D eigenvalue weighted by atomic mass is 10.0. The Hall–Kier alpha value is -0.910. The average Bonchev–Trinajstić information content (AvgIpc) is 3.10. The third-order valence-electron chi connectivity index (χ3n) is 4.82. The summed E-state index contributed by atoms with van der Waals surface area (Å²) < 4.78 is 5.29. The zero-order chi connectivity index (χ0) is 17.2. The Balaban J connectivity index is 1.43. The molecule has 24 heavy (non-hydrogen) atoms. The van der Waals surface area contributed by atoms with Crippen molar-refractivity contribution < 1.29 is 14.3 Å².